The lowest BCUT2D eigenvalue weighted by atomic mass is 9.82. The molecule has 1 saturated carbocycles. The van der Waals surface area contributed by atoms with E-state index in [9.17, 15) is 9.90 Å². The molecular formula is C7H12O5. The second-order valence-corrected chi connectivity index (χ2v) is 3.21. The first-order valence-electron chi connectivity index (χ1n) is 3.77. The Morgan fingerprint density at radius 2 is 1.92 bits per heavy atom. The topological polar surface area (TPSA) is 98.0 Å². The minimum absolute atomic E-state index is 0.0133. The van der Waals surface area contributed by atoms with Crippen LogP contribution in [0.2, 0.25) is 0 Å². The number of carboxylic acids is 1. The summed E-state index contributed by atoms with van der Waals surface area (Å²) in [6, 6.07) is 0. The highest BCUT2D eigenvalue weighted by Crippen LogP contribution is 2.28. The smallest absolute Gasteiger partial charge is 0.335 e. The number of carboxylic acid groups (broad SMARTS) is 1. The van der Waals surface area contributed by atoms with Crippen molar-refractivity contribution in [3.8, 4) is 0 Å². The van der Waals surface area contributed by atoms with Gasteiger partial charge >= 0.3 is 5.97 Å². The van der Waals surface area contributed by atoms with Gasteiger partial charge in [-0.1, -0.05) is 0 Å². The third-order valence-corrected chi connectivity index (χ3v) is 2.24. The fraction of sp³-hybridized carbons (Fsp3) is 0.857. The average molecular weight is 176 g/mol. The molecule has 1 aliphatic carbocycles. The molecule has 0 bridgehead atoms. The zero-order valence-corrected chi connectivity index (χ0v) is 6.47. The van der Waals surface area contributed by atoms with Crippen molar-refractivity contribution in [3.05, 3.63) is 0 Å². The van der Waals surface area contributed by atoms with E-state index in [-0.39, 0.29) is 19.3 Å². The van der Waals surface area contributed by atoms with Crippen LogP contribution >= 0.6 is 0 Å². The van der Waals surface area contributed by atoms with Gasteiger partial charge in [0.05, 0.1) is 12.2 Å². The van der Waals surface area contributed by atoms with Gasteiger partial charge in [-0.3, -0.25) is 0 Å². The monoisotopic (exact) mass is 176 g/mol. The minimum atomic E-state index is -1.86. The van der Waals surface area contributed by atoms with E-state index < -0.39 is 23.8 Å². The highest BCUT2D eigenvalue weighted by atomic mass is 16.4. The van der Waals surface area contributed by atoms with Crippen LogP contribution in [0.5, 0.6) is 0 Å². The maximum atomic E-state index is 10.5. The highest BCUT2D eigenvalue weighted by Gasteiger charge is 2.43. The molecule has 0 amide bonds. The van der Waals surface area contributed by atoms with Gasteiger partial charge in [-0.2, -0.15) is 0 Å². The van der Waals surface area contributed by atoms with E-state index in [0.29, 0.717) is 0 Å². The molecule has 0 aromatic heterocycles. The molecule has 0 saturated heterocycles. The number of aliphatic hydroxyl groups is 3. The van der Waals surface area contributed by atoms with Gasteiger partial charge in [-0.15, -0.1) is 0 Å². The summed E-state index contributed by atoms with van der Waals surface area (Å²) in [6.07, 6.45) is -2.25. The van der Waals surface area contributed by atoms with E-state index in [4.69, 9.17) is 15.3 Å². The lowest BCUT2D eigenvalue weighted by molar-refractivity contribution is -0.171. The summed E-state index contributed by atoms with van der Waals surface area (Å²) in [6.45, 7) is 0. The van der Waals surface area contributed by atoms with Crippen LogP contribution < -0.4 is 0 Å². The van der Waals surface area contributed by atoms with E-state index in [1.807, 2.05) is 0 Å². The Kier molecular flexibility index (Phi) is 2.36. The molecule has 3 atom stereocenters. The molecule has 0 heterocycles. The number of hydrogen-bond donors (Lipinski definition) is 4. The van der Waals surface area contributed by atoms with Crippen LogP contribution in [0, 0.1) is 0 Å². The Morgan fingerprint density at radius 3 is 2.33 bits per heavy atom. The van der Waals surface area contributed by atoms with Crippen molar-refractivity contribution >= 4 is 5.97 Å². The second-order valence-electron chi connectivity index (χ2n) is 3.21. The molecule has 1 unspecified atom stereocenters. The van der Waals surface area contributed by atoms with Gasteiger partial charge in [-0.25, -0.2) is 4.79 Å². The van der Waals surface area contributed by atoms with E-state index in [1.165, 1.54) is 0 Å². The first kappa shape index (κ1) is 9.44. The second kappa shape index (κ2) is 3.01. The number of hydrogen-bond acceptors (Lipinski definition) is 4. The van der Waals surface area contributed by atoms with Crippen molar-refractivity contribution in [2.24, 2.45) is 0 Å². The Labute approximate surface area is 69.3 Å². The molecule has 4 N–H and O–H groups in total. The normalized spacial score (nSPS) is 42.6. The molecule has 70 valence electrons. The lowest BCUT2D eigenvalue weighted by Crippen LogP contribution is -2.49. The summed E-state index contributed by atoms with van der Waals surface area (Å²) in [5, 5.41) is 36.1. The first-order valence-corrected chi connectivity index (χ1v) is 3.77. The van der Waals surface area contributed by atoms with Crippen molar-refractivity contribution < 1.29 is 25.2 Å². The summed E-state index contributed by atoms with van der Waals surface area (Å²) in [5.41, 5.74) is -1.86. The molecule has 0 aliphatic heterocycles. The SMILES string of the molecule is O=C(O)[C@]1(O)CC[C@@H](O)C(O)C1. The molecule has 0 aromatic rings. The molecular weight excluding hydrogens is 164 g/mol. The zero-order valence-electron chi connectivity index (χ0n) is 6.47. The molecule has 0 spiro atoms. The lowest BCUT2D eigenvalue weighted by Gasteiger charge is -2.33. The van der Waals surface area contributed by atoms with Crippen LogP contribution in [0.1, 0.15) is 19.3 Å². The molecule has 0 radical (unpaired) electrons. The third-order valence-electron chi connectivity index (χ3n) is 2.24. The van der Waals surface area contributed by atoms with Gasteiger partial charge in [0.15, 0.2) is 5.60 Å². The van der Waals surface area contributed by atoms with E-state index >= 15 is 0 Å². The van der Waals surface area contributed by atoms with Gasteiger partial charge in [0, 0.05) is 6.42 Å². The summed E-state index contributed by atoms with van der Waals surface area (Å²) in [7, 11) is 0. The Bertz CT molecular complexity index is 192. The molecule has 0 aromatic carbocycles. The van der Waals surface area contributed by atoms with Gasteiger partial charge in [0.1, 0.15) is 0 Å². The zero-order chi connectivity index (χ0) is 9.35. The maximum absolute atomic E-state index is 10.5. The van der Waals surface area contributed by atoms with Crippen molar-refractivity contribution in [2.75, 3.05) is 0 Å². The number of rotatable bonds is 1. The predicted octanol–water partition coefficient (Wildman–Crippen LogP) is -1.29. The van der Waals surface area contributed by atoms with Crippen LogP contribution in [0.15, 0.2) is 0 Å². The first-order chi connectivity index (χ1) is 5.46. The van der Waals surface area contributed by atoms with Crippen molar-refractivity contribution in [1.29, 1.82) is 0 Å². The fourth-order valence-corrected chi connectivity index (χ4v) is 1.36. The molecule has 1 rings (SSSR count). The Balaban J connectivity index is 2.66. The number of carbonyl (C=O) groups is 1. The van der Waals surface area contributed by atoms with E-state index in [1.54, 1.807) is 0 Å². The van der Waals surface area contributed by atoms with Crippen LogP contribution in [0.25, 0.3) is 0 Å². The van der Waals surface area contributed by atoms with Crippen LogP contribution in [0.3, 0.4) is 0 Å². The summed E-state index contributed by atoms with van der Waals surface area (Å²) < 4.78 is 0. The highest BCUT2D eigenvalue weighted by molar-refractivity contribution is 5.77. The summed E-state index contributed by atoms with van der Waals surface area (Å²) >= 11 is 0. The maximum Gasteiger partial charge on any atom is 0.335 e. The molecule has 5 heteroatoms. The molecule has 1 fully saturated rings. The quantitative estimate of drug-likeness (QED) is 0.398. The summed E-state index contributed by atoms with van der Waals surface area (Å²) in [5.74, 6) is -1.34. The third kappa shape index (κ3) is 1.57. The van der Waals surface area contributed by atoms with Gasteiger partial charge in [-0.05, 0) is 12.8 Å². The van der Waals surface area contributed by atoms with Crippen LogP contribution in [-0.2, 0) is 4.79 Å². The average Bonchev–Trinajstić information content (AvgIpc) is 1.97. The predicted molar refractivity (Wildman–Crippen MR) is 38.5 cm³/mol. The van der Waals surface area contributed by atoms with Gasteiger partial charge in [0.25, 0.3) is 0 Å². The minimum Gasteiger partial charge on any atom is -0.479 e. The molecule has 12 heavy (non-hydrogen) atoms. The van der Waals surface area contributed by atoms with Crippen molar-refractivity contribution in [3.63, 3.8) is 0 Å². The Morgan fingerprint density at radius 1 is 1.33 bits per heavy atom. The van der Waals surface area contributed by atoms with Crippen molar-refractivity contribution in [1.82, 2.24) is 0 Å². The van der Waals surface area contributed by atoms with E-state index in [0.717, 1.165) is 0 Å². The van der Waals surface area contributed by atoms with Gasteiger partial charge < -0.3 is 20.4 Å². The largest absolute Gasteiger partial charge is 0.479 e. The van der Waals surface area contributed by atoms with E-state index in [2.05, 4.69) is 0 Å². The number of aliphatic carboxylic acids is 1. The van der Waals surface area contributed by atoms with Crippen molar-refractivity contribution in [2.45, 2.75) is 37.1 Å². The van der Waals surface area contributed by atoms with Crippen LogP contribution in [0.4, 0.5) is 0 Å². The number of aliphatic hydroxyl groups excluding tert-OH is 2. The molecule has 5 nitrogen and oxygen atoms in total. The summed E-state index contributed by atoms with van der Waals surface area (Å²) in [4.78, 5) is 10.5. The van der Waals surface area contributed by atoms with Gasteiger partial charge in [0.2, 0.25) is 0 Å². The van der Waals surface area contributed by atoms with Crippen LogP contribution in [-0.4, -0.2) is 44.2 Å². The molecule has 1 aliphatic rings. The standard InChI is InChI=1S/C7H12O5/c8-4-1-2-7(12,6(10)11)3-5(4)9/h4-5,8-9,12H,1-3H2,(H,10,11)/t4-,5?,7+/m1/s1. The fourth-order valence-electron chi connectivity index (χ4n) is 1.36. The Hall–Kier alpha value is -0.650.